The second kappa shape index (κ2) is 5.25. The lowest BCUT2D eigenvalue weighted by molar-refractivity contribution is 0.579. The molecule has 0 bridgehead atoms. The Balaban J connectivity index is 2.20. The molecule has 0 saturated heterocycles. The van der Waals surface area contributed by atoms with E-state index in [1.807, 2.05) is 38.1 Å². The summed E-state index contributed by atoms with van der Waals surface area (Å²) < 4.78 is 6.63. The minimum Gasteiger partial charge on any atom is -0.461 e. The van der Waals surface area contributed by atoms with Gasteiger partial charge in [0.25, 0.3) is 0 Å². The number of anilines is 1. The fourth-order valence-corrected chi connectivity index (χ4v) is 2.56. The van der Waals surface area contributed by atoms with Gasteiger partial charge in [-0.3, -0.25) is 0 Å². The lowest BCUT2D eigenvalue weighted by Crippen LogP contribution is -2.02. The molecule has 0 saturated carbocycles. The number of aromatic nitrogens is 2. The number of hydrogen-bond acceptors (Lipinski definition) is 4. The number of benzene rings is 1. The van der Waals surface area contributed by atoms with E-state index in [1.165, 1.54) is 0 Å². The molecule has 0 aliphatic heterocycles. The van der Waals surface area contributed by atoms with Crippen LogP contribution in [0.2, 0.25) is 0 Å². The molecule has 1 N–H and O–H groups in total. The van der Waals surface area contributed by atoms with E-state index in [0.29, 0.717) is 5.82 Å². The second-order valence-electron chi connectivity index (χ2n) is 4.45. The molecule has 0 fully saturated rings. The molecular formula is C15H14BrN3O. The molecule has 0 aliphatic rings. The van der Waals surface area contributed by atoms with E-state index in [0.717, 1.165) is 39.1 Å². The minimum absolute atomic E-state index is 0.673. The maximum absolute atomic E-state index is 5.77. The summed E-state index contributed by atoms with van der Waals surface area (Å²) in [5.41, 5.74) is 1.81. The van der Waals surface area contributed by atoms with Crippen LogP contribution in [0.1, 0.15) is 12.7 Å². The van der Waals surface area contributed by atoms with Gasteiger partial charge in [-0.2, -0.15) is 0 Å². The predicted octanol–water partition coefficient (Wildman–Crippen LogP) is 4.39. The van der Waals surface area contributed by atoms with E-state index in [9.17, 15) is 0 Å². The Bertz CT molecular complexity index is 767. The van der Waals surface area contributed by atoms with Gasteiger partial charge >= 0.3 is 0 Å². The van der Waals surface area contributed by atoms with Crippen molar-refractivity contribution in [3.8, 4) is 11.4 Å². The van der Waals surface area contributed by atoms with Crippen LogP contribution in [0.4, 0.5) is 5.82 Å². The molecule has 1 aromatic carbocycles. The van der Waals surface area contributed by atoms with E-state index >= 15 is 0 Å². The molecule has 0 atom stereocenters. The number of hydrogen-bond donors (Lipinski definition) is 1. The molecule has 20 heavy (non-hydrogen) atoms. The van der Waals surface area contributed by atoms with Gasteiger partial charge in [-0.05, 0) is 35.8 Å². The third-order valence-electron chi connectivity index (χ3n) is 3.08. The van der Waals surface area contributed by atoms with Crippen LogP contribution >= 0.6 is 15.9 Å². The van der Waals surface area contributed by atoms with Gasteiger partial charge in [-0.15, -0.1) is 0 Å². The van der Waals surface area contributed by atoms with Crippen molar-refractivity contribution in [3.05, 3.63) is 40.7 Å². The van der Waals surface area contributed by atoms with Crippen LogP contribution in [0, 0.1) is 6.92 Å². The van der Waals surface area contributed by atoms with Crippen molar-refractivity contribution >= 4 is 32.7 Å². The highest BCUT2D eigenvalue weighted by Gasteiger charge is 2.16. The highest BCUT2D eigenvalue weighted by Crippen LogP contribution is 2.33. The van der Waals surface area contributed by atoms with Gasteiger partial charge in [0, 0.05) is 18.1 Å². The van der Waals surface area contributed by atoms with Gasteiger partial charge in [-0.1, -0.05) is 18.2 Å². The van der Waals surface area contributed by atoms with Crippen molar-refractivity contribution in [1.82, 2.24) is 9.97 Å². The summed E-state index contributed by atoms with van der Waals surface area (Å²) in [5, 5.41) is 4.25. The fraction of sp³-hybridized carbons (Fsp3) is 0.200. The zero-order chi connectivity index (χ0) is 14.1. The third kappa shape index (κ3) is 2.18. The van der Waals surface area contributed by atoms with Crippen LogP contribution in [0.5, 0.6) is 0 Å². The summed E-state index contributed by atoms with van der Waals surface area (Å²) in [4.78, 5) is 9.00. The van der Waals surface area contributed by atoms with Crippen LogP contribution in [0.15, 0.2) is 39.4 Å². The molecule has 0 spiro atoms. The monoisotopic (exact) mass is 331 g/mol. The van der Waals surface area contributed by atoms with Crippen LogP contribution in [0.3, 0.4) is 0 Å². The molecule has 0 radical (unpaired) electrons. The first kappa shape index (κ1) is 13.1. The smallest absolute Gasteiger partial charge is 0.165 e. The van der Waals surface area contributed by atoms with Crippen LogP contribution in [-0.4, -0.2) is 16.5 Å². The first-order valence-electron chi connectivity index (χ1n) is 6.45. The maximum atomic E-state index is 5.77. The topological polar surface area (TPSA) is 51.0 Å². The zero-order valence-corrected chi connectivity index (χ0v) is 12.9. The van der Waals surface area contributed by atoms with E-state index < -0.39 is 0 Å². The Hall–Kier alpha value is -1.88. The molecule has 0 unspecified atom stereocenters. The Morgan fingerprint density at radius 2 is 2.10 bits per heavy atom. The number of para-hydroxylation sites is 1. The minimum atomic E-state index is 0.673. The fourth-order valence-electron chi connectivity index (χ4n) is 2.22. The summed E-state index contributed by atoms with van der Waals surface area (Å²) in [5.74, 6) is 2.30. The van der Waals surface area contributed by atoms with Crippen LogP contribution in [0.25, 0.3) is 22.4 Å². The number of nitrogens with zero attached hydrogens (tertiary/aromatic N) is 2. The average molecular weight is 332 g/mol. The number of furan rings is 1. The lowest BCUT2D eigenvalue weighted by atomic mass is 10.1. The van der Waals surface area contributed by atoms with Crippen LogP contribution in [-0.2, 0) is 0 Å². The molecule has 5 heteroatoms. The molecule has 3 aromatic rings. The summed E-state index contributed by atoms with van der Waals surface area (Å²) in [6, 6.07) is 7.93. The summed E-state index contributed by atoms with van der Waals surface area (Å²) in [6.45, 7) is 4.78. The molecule has 2 heterocycles. The SMILES string of the molecule is CCNc1nc(-c2c(C)oc3ccccc23)ncc1Br. The Kier molecular flexibility index (Phi) is 3.44. The highest BCUT2D eigenvalue weighted by atomic mass is 79.9. The van der Waals surface area contributed by atoms with E-state index in [-0.39, 0.29) is 0 Å². The van der Waals surface area contributed by atoms with Gasteiger partial charge in [0.2, 0.25) is 0 Å². The molecule has 0 aliphatic carbocycles. The average Bonchev–Trinajstić information content (AvgIpc) is 2.77. The Morgan fingerprint density at radius 3 is 2.90 bits per heavy atom. The van der Waals surface area contributed by atoms with Gasteiger partial charge < -0.3 is 9.73 Å². The van der Waals surface area contributed by atoms with E-state index in [1.54, 1.807) is 6.20 Å². The van der Waals surface area contributed by atoms with Crippen molar-refractivity contribution in [2.45, 2.75) is 13.8 Å². The zero-order valence-electron chi connectivity index (χ0n) is 11.3. The van der Waals surface area contributed by atoms with Gasteiger partial charge in [-0.25, -0.2) is 9.97 Å². The highest BCUT2D eigenvalue weighted by molar-refractivity contribution is 9.10. The number of rotatable bonds is 3. The Morgan fingerprint density at radius 1 is 1.30 bits per heavy atom. The third-order valence-corrected chi connectivity index (χ3v) is 3.66. The van der Waals surface area contributed by atoms with E-state index in [2.05, 4.69) is 31.2 Å². The molecule has 102 valence electrons. The number of aryl methyl sites for hydroxylation is 1. The predicted molar refractivity (Wildman–Crippen MR) is 83.8 cm³/mol. The van der Waals surface area contributed by atoms with Gasteiger partial charge in [0.1, 0.15) is 17.2 Å². The molecule has 0 amide bonds. The van der Waals surface area contributed by atoms with Crippen LogP contribution < -0.4 is 5.32 Å². The second-order valence-corrected chi connectivity index (χ2v) is 5.30. The first-order chi connectivity index (χ1) is 9.70. The molecule has 4 nitrogen and oxygen atoms in total. The normalized spacial score (nSPS) is 10.9. The molecule has 2 aromatic heterocycles. The number of nitrogens with one attached hydrogen (secondary N) is 1. The Labute approximate surface area is 125 Å². The van der Waals surface area contributed by atoms with Gasteiger partial charge in [0.05, 0.1) is 10.0 Å². The summed E-state index contributed by atoms with van der Waals surface area (Å²) >= 11 is 3.45. The number of halogens is 1. The van der Waals surface area contributed by atoms with Crippen molar-refractivity contribution < 1.29 is 4.42 Å². The maximum Gasteiger partial charge on any atom is 0.165 e. The van der Waals surface area contributed by atoms with E-state index in [4.69, 9.17) is 4.42 Å². The lowest BCUT2D eigenvalue weighted by Gasteiger charge is -2.06. The van der Waals surface area contributed by atoms with Gasteiger partial charge in [0.15, 0.2) is 5.82 Å². The summed E-state index contributed by atoms with van der Waals surface area (Å²) in [7, 11) is 0. The largest absolute Gasteiger partial charge is 0.461 e. The molecule has 3 rings (SSSR count). The first-order valence-corrected chi connectivity index (χ1v) is 7.25. The van der Waals surface area contributed by atoms with Crippen molar-refractivity contribution in [2.75, 3.05) is 11.9 Å². The van der Waals surface area contributed by atoms with Crippen molar-refractivity contribution in [3.63, 3.8) is 0 Å². The summed E-state index contributed by atoms with van der Waals surface area (Å²) in [6.07, 6.45) is 1.77. The number of fused-ring (bicyclic) bond motifs is 1. The van der Waals surface area contributed by atoms with Crippen molar-refractivity contribution in [1.29, 1.82) is 0 Å². The molecular weight excluding hydrogens is 318 g/mol. The quantitative estimate of drug-likeness (QED) is 0.773. The standard InChI is InChI=1S/C15H14BrN3O/c1-3-17-14-11(16)8-18-15(19-14)13-9(2)20-12-7-5-4-6-10(12)13/h4-8H,3H2,1-2H3,(H,17,18,19). The van der Waals surface area contributed by atoms with Crippen molar-refractivity contribution in [2.24, 2.45) is 0 Å².